The molecular formula is C24H33N3O. The van der Waals surface area contributed by atoms with Crippen LogP contribution in [0.15, 0.2) is 54.6 Å². The van der Waals surface area contributed by atoms with Gasteiger partial charge in [0.25, 0.3) is 0 Å². The predicted molar refractivity (Wildman–Crippen MR) is 117 cm³/mol. The zero-order valence-corrected chi connectivity index (χ0v) is 17.2. The lowest BCUT2D eigenvalue weighted by atomic mass is 10.0. The van der Waals surface area contributed by atoms with Gasteiger partial charge < -0.3 is 10.2 Å². The molecule has 1 aliphatic rings. The first-order valence-electron chi connectivity index (χ1n) is 10.6. The van der Waals surface area contributed by atoms with Gasteiger partial charge in [0.15, 0.2) is 0 Å². The molecular weight excluding hydrogens is 346 g/mol. The number of nitrogens with zero attached hydrogens (tertiary/aromatic N) is 2. The molecule has 0 bridgehead atoms. The van der Waals surface area contributed by atoms with Gasteiger partial charge in [-0.15, -0.1) is 0 Å². The Kier molecular flexibility index (Phi) is 7.63. The Morgan fingerprint density at radius 1 is 1.00 bits per heavy atom. The van der Waals surface area contributed by atoms with Crippen molar-refractivity contribution in [2.75, 3.05) is 38.0 Å². The summed E-state index contributed by atoms with van der Waals surface area (Å²) in [6.45, 7) is 9.46. The fourth-order valence-electron chi connectivity index (χ4n) is 4.01. The molecule has 0 aromatic heterocycles. The van der Waals surface area contributed by atoms with Crippen LogP contribution >= 0.6 is 0 Å². The molecule has 1 fully saturated rings. The quantitative estimate of drug-likeness (QED) is 0.704. The second kappa shape index (κ2) is 10.4. The van der Waals surface area contributed by atoms with E-state index in [0.717, 1.165) is 37.3 Å². The highest BCUT2D eigenvalue weighted by molar-refractivity contribution is 5.95. The molecule has 1 aliphatic heterocycles. The molecule has 1 heterocycles. The van der Waals surface area contributed by atoms with Crippen molar-refractivity contribution in [1.29, 1.82) is 0 Å². The van der Waals surface area contributed by atoms with Crippen molar-refractivity contribution in [3.8, 4) is 0 Å². The maximum Gasteiger partial charge on any atom is 0.246 e. The highest BCUT2D eigenvalue weighted by Crippen LogP contribution is 2.23. The lowest BCUT2D eigenvalue weighted by molar-refractivity contribution is -0.121. The number of hydrogen-bond acceptors (Lipinski definition) is 3. The first-order valence-corrected chi connectivity index (χ1v) is 10.6. The van der Waals surface area contributed by atoms with Crippen molar-refractivity contribution in [2.24, 2.45) is 0 Å². The van der Waals surface area contributed by atoms with E-state index >= 15 is 0 Å². The Balaban J connectivity index is 1.64. The van der Waals surface area contributed by atoms with Crippen LogP contribution in [-0.2, 0) is 11.2 Å². The molecule has 150 valence electrons. The van der Waals surface area contributed by atoms with Gasteiger partial charge in [0.1, 0.15) is 6.04 Å². The van der Waals surface area contributed by atoms with Gasteiger partial charge >= 0.3 is 0 Å². The number of amides is 1. The minimum Gasteiger partial charge on any atom is -0.324 e. The van der Waals surface area contributed by atoms with Gasteiger partial charge in [-0.3, -0.25) is 9.69 Å². The number of benzene rings is 2. The molecule has 1 amide bonds. The molecule has 4 heteroatoms. The Hall–Kier alpha value is -2.17. The summed E-state index contributed by atoms with van der Waals surface area (Å²) in [4.78, 5) is 17.8. The summed E-state index contributed by atoms with van der Waals surface area (Å²) in [5.74, 6) is 0.0275. The molecule has 4 nitrogen and oxygen atoms in total. The van der Waals surface area contributed by atoms with Crippen molar-refractivity contribution in [3.63, 3.8) is 0 Å². The fraction of sp³-hybridized carbons (Fsp3) is 0.458. The van der Waals surface area contributed by atoms with E-state index in [4.69, 9.17) is 0 Å². The molecule has 2 aromatic rings. The predicted octanol–water partition coefficient (Wildman–Crippen LogP) is 4.35. The van der Waals surface area contributed by atoms with Gasteiger partial charge in [-0.2, -0.15) is 0 Å². The van der Waals surface area contributed by atoms with Crippen LogP contribution < -0.4 is 5.32 Å². The maximum atomic E-state index is 13.1. The second-order valence-corrected chi connectivity index (χ2v) is 7.52. The first-order chi connectivity index (χ1) is 13.7. The fourth-order valence-corrected chi connectivity index (χ4v) is 4.01. The average Bonchev–Trinajstić information content (AvgIpc) is 3.25. The van der Waals surface area contributed by atoms with E-state index in [1.54, 1.807) is 0 Å². The van der Waals surface area contributed by atoms with Crippen molar-refractivity contribution in [3.05, 3.63) is 65.7 Å². The topological polar surface area (TPSA) is 35.6 Å². The van der Waals surface area contributed by atoms with Gasteiger partial charge in [0, 0.05) is 12.2 Å². The number of carbonyl (C=O) groups excluding carboxylic acids is 1. The van der Waals surface area contributed by atoms with E-state index in [9.17, 15) is 4.79 Å². The number of likely N-dealkylation sites (N-methyl/N-ethyl adjacent to an activating group) is 1. The van der Waals surface area contributed by atoms with Crippen LogP contribution in [-0.4, -0.2) is 48.4 Å². The monoisotopic (exact) mass is 379 g/mol. The third-order valence-electron chi connectivity index (χ3n) is 5.68. The van der Waals surface area contributed by atoms with Gasteiger partial charge in [-0.05, 0) is 68.7 Å². The standard InChI is InChI=1S/C24H33N3O/c1-3-27(4-2)23(21-10-6-5-7-11-21)24(28)25-22-14-12-20(13-15-22)16-19-26-17-8-9-18-26/h5-7,10-15,23H,3-4,8-9,16-19H2,1-2H3,(H,25,28). The van der Waals surface area contributed by atoms with Crippen molar-refractivity contribution >= 4 is 11.6 Å². The molecule has 1 saturated heterocycles. The molecule has 2 aromatic carbocycles. The molecule has 0 radical (unpaired) electrons. The summed E-state index contributed by atoms with van der Waals surface area (Å²) in [6, 6.07) is 18.1. The maximum absolute atomic E-state index is 13.1. The number of anilines is 1. The summed E-state index contributed by atoms with van der Waals surface area (Å²) in [6.07, 6.45) is 3.74. The van der Waals surface area contributed by atoms with E-state index in [0.29, 0.717) is 0 Å². The van der Waals surface area contributed by atoms with Crippen molar-refractivity contribution in [1.82, 2.24) is 9.80 Å². The van der Waals surface area contributed by atoms with Crippen LogP contribution in [0.25, 0.3) is 0 Å². The van der Waals surface area contributed by atoms with Crippen LogP contribution in [0.5, 0.6) is 0 Å². The summed E-state index contributed by atoms with van der Waals surface area (Å²) < 4.78 is 0. The first kappa shape index (κ1) is 20.6. The molecule has 3 rings (SSSR count). The normalized spacial score (nSPS) is 15.7. The lowest BCUT2D eigenvalue weighted by Gasteiger charge is -2.29. The Bertz CT molecular complexity index is 719. The Morgan fingerprint density at radius 2 is 1.64 bits per heavy atom. The van der Waals surface area contributed by atoms with Crippen LogP contribution in [0.3, 0.4) is 0 Å². The average molecular weight is 380 g/mol. The number of rotatable bonds is 9. The largest absolute Gasteiger partial charge is 0.324 e. The molecule has 1 atom stereocenters. The molecule has 1 N–H and O–H groups in total. The molecule has 0 saturated carbocycles. The smallest absolute Gasteiger partial charge is 0.246 e. The Morgan fingerprint density at radius 3 is 2.25 bits per heavy atom. The summed E-state index contributed by atoms with van der Waals surface area (Å²) in [5, 5.41) is 3.12. The molecule has 1 unspecified atom stereocenters. The van der Waals surface area contributed by atoms with Crippen LogP contribution in [0.4, 0.5) is 5.69 Å². The Labute approximate surface area is 169 Å². The number of carbonyl (C=O) groups is 1. The molecule has 0 aliphatic carbocycles. The number of nitrogens with one attached hydrogen (secondary N) is 1. The SMILES string of the molecule is CCN(CC)C(C(=O)Nc1ccc(CCN2CCCC2)cc1)c1ccccc1. The van der Waals surface area contributed by atoms with Crippen LogP contribution in [0.1, 0.15) is 43.9 Å². The third kappa shape index (κ3) is 5.43. The van der Waals surface area contributed by atoms with Crippen LogP contribution in [0.2, 0.25) is 0 Å². The van der Waals surface area contributed by atoms with E-state index in [2.05, 4.69) is 41.1 Å². The van der Waals surface area contributed by atoms with E-state index in [1.165, 1.54) is 31.5 Å². The van der Waals surface area contributed by atoms with E-state index in [1.807, 2.05) is 42.5 Å². The second-order valence-electron chi connectivity index (χ2n) is 7.52. The van der Waals surface area contributed by atoms with E-state index < -0.39 is 0 Å². The van der Waals surface area contributed by atoms with Crippen molar-refractivity contribution in [2.45, 2.75) is 39.2 Å². The van der Waals surface area contributed by atoms with Crippen LogP contribution in [0, 0.1) is 0 Å². The zero-order chi connectivity index (χ0) is 19.8. The van der Waals surface area contributed by atoms with Gasteiger partial charge in [0.2, 0.25) is 5.91 Å². The molecule has 0 spiro atoms. The van der Waals surface area contributed by atoms with Gasteiger partial charge in [-0.1, -0.05) is 56.3 Å². The highest BCUT2D eigenvalue weighted by Gasteiger charge is 2.25. The van der Waals surface area contributed by atoms with Gasteiger partial charge in [0.05, 0.1) is 0 Å². The third-order valence-corrected chi connectivity index (χ3v) is 5.68. The minimum absolute atomic E-state index is 0.0275. The van der Waals surface area contributed by atoms with Crippen molar-refractivity contribution < 1.29 is 4.79 Å². The summed E-state index contributed by atoms with van der Waals surface area (Å²) in [5.41, 5.74) is 3.22. The number of hydrogen-bond donors (Lipinski definition) is 1. The number of likely N-dealkylation sites (tertiary alicyclic amines) is 1. The molecule has 28 heavy (non-hydrogen) atoms. The summed E-state index contributed by atoms with van der Waals surface area (Å²) in [7, 11) is 0. The summed E-state index contributed by atoms with van der Waals surface area (Å²) >= 11 is 0. The highest BCUT2D eigenvalue weighted by atomic mass is 16.2. The van der Waals surface area contributed by atoms with Gasteiger partial charge in [-0.25, -0.2) is 0 Å². The lowest BCUT2D eigenvalue weighted by Crippen LogP contribution is -2.37. The van der Waals surface area contributed by atoms with E-state index in [-0.39, 0.29) is 11.9 Å². The zero-order valence-electron chi connectivity index (χ0n) is 17.2. The minimum atomic E-state index is -0.272.